The lowest BCUT2D eigenvalue weighted by Crippen LogP contribution is -1.90. The van der Waals surface area contributed by atoms with Crippen molar-refractivity contribution in [3.63, 3.8) is 0 Å². The first-order valence-electron chi connectivity index (χ1n) is 2.71. The Labute approximate surface area is 76.5 Å². The van der Waals surface area contributed by atoms with Gasteiger partial charge in [-0.2, -0.15) is 0 Å². The number of aromatic nitrogens is 1. The molecule has 0 aromatic carbocycles. The lowest BCUT2D eigenvalue weighted by molar-refractivity contribution is -0.385. The van der Waals surface area contributed by atoms with Crippen molar-refractivity contribution in [1.82, 2.24) is 4.98 Å². The molecule has 0 saturated carbocycles. The predicted molar refractivity (Wildman–Crippen MR) is 48.5 cm³/mol. The summed E-state index contributed by atoms with van der Waals surface area (Å²) in [6, 6.07) is 2.94. The van der Waals surface area contributed by atoms with Gasteiger partial charge in [-0.25, -0.2) is 4.98 Å². The van der Waals surface area contributed by atoms with Crippen LogP contribution in [0.3, 0.4) is 0 Å². The van der Waals surface area contributed by atoms with Gasteiger partial charge in [0, 0.05) is 6.07 Å². The fourth-order valence-electron chi connectivity index (χ4n) is 0.550. The van der Waals surface area contributed by atoms with E-state index in [0.717, 1.165) is 0 Å². The van der Waals surface area contributed by atoms with Gasteiger partial charge in [-0.05, 0) is 6.07 Å². The van der Waals surface area contributed by atoms with Gasteiger partial charge in [-0.15, -0.1) is 0 Å². The third kappa shape index (κ3) is 2.00. The van der Waals surface area contributed by atoms with Gasteiger partial charge >= 0.3 is 0 Å². The molecule has 0 aliphatic carbocycles. The fourth-order valence-corrected chi connectivity index (χ4v) is 0.869. The molecule has 58 valence electrons. The van der Waals surface area contributed by atoms with Crippen LogP contribution in [0.4, 0.5) is 11.5 Å². The summed E-state index contributed by atoms with van der Waals surface area (Å²) < 4.78 is 2.73. The van der Waals surface area contributed by atoms with E-state index >= 15 is 0 Å². The van der Waals surface area contributed by atoms with Crippen molar-refractivity contribution in [2.24, 2.45) is 0 Å². The fraction of sp³-hybridized carbons (Fsp3) is 0. The Balaban J connectivity index is 2.91. The minimum atomic E-state index is -0.482. The van der Waals surface area contributed by atoms with Gasteiger partial charge in [-0.1, -0.05) is 0 Å². The molecule has 5 nitrogen and oxygen atoms in total. The van der Waals surface area contributed by atoms with Crippen molar-refractivity contribution in [2.75, 3.05) is 3.53 Å². The van der Waals surface area contributed by atoms with Crippen LogP contribution in [0.1, 0.15) is 0 Å². The highest BCUT2D eigenvalue weighted by Gasteiger charge is 2.03. The Morgan fingerprint density at radius 1 is 1.64 bits per heavy atom. The molecule has 1 aromatic heterocycles. The maximum absolute atomic E-state index is 10.1. The minimum absolute atomic E-state index is 0.000370. The standard InChI is InChI=1S/C5H4IN3O2/c6-8-5-2-1-4(3-7-5)9(10)11/h1-3H,(H,7,8). The summed E-state index contributed by atoms with van der Waals surface area (Å²) in [5.74, 6) is 0.608. The third-order valence-electron chi connectivity index (χ3n) is 1.06. The molecule has 6 heteroatoms. The van der Waals surface area contributed by atoms with Crippen LogP contribution in [-0.4, -0.2) is 9.91 Å². The quantitative estimate of drug-likeness (QED) is 0.383. The molecule has 0 bridgehead atoms. The monoisotopic (exact) mass is 265 g/mol. The normalized spacial score (nSPS) is 9.18. The zero-order valence-corrected chi connectivity index (χ0v) is 7.48. The smallest absolute Gasteiger partial charge is 0.287 e. The Bertz CT molecular complexity index is 261. The molecule has 1 aromatic rings. The Morgan fingerprint density at radius 2 is 2.36 bits per heavy atom. The van der Waals surface area contributed by atoms with Gasteiger partial charge in [-0.3, -0.25) is 10.1 Å². The summed E-state index contributed by atoms with van der Waals surface area (Å²) in [4.78, 5) is 13.4. The molecular formula is C5H4IN3O2. The number of hydrogen-bond donors (Lipinski definition) is 1. The molecule has 0 saturated heterocycles. The number of nitro groups is 1. The van der Waals surface area contributed by atoms with Crippen LogP contribution in [0.15, 0.2) is 18.3 Å². The van der Waals surface area contributed by atoms with Crippen molar-refractivity contribution in [3.05, 3.63) is 28.4 Å². The van der Waals surface area contributed by atoms with Crippen LogP contribution in [0.2, 0.25) is 0 Å². The summed E-state index contributed by atoms with van der Waals surface area (Å²) in [6.45, 7) is 0. The zero-order chi connectivity index (χ0) is 8.27. The van der Waals surface area contributed by atoms with Crippen LogP contribution >= 0.6 is 22.9 Å². The summed E-state index contributed by atoms with van der Waals surface area (Å²) in [5, 5.41) is 10.1. The molecule has 11 heavy (non-hydrogen) atoms. The van der Waals surface area contributed by atoms with E-state index in [1.165, 1.54) is 12.3 Å². The number of nitrogens with zero attached hydrogens (tertiary/aromatic N) is 2. The number of halogens is 1. The topological polar surface area (TPSA) is 68.1 Å². The third-order valence-corrected chi connectivity index (χ3v) is 1.61. The highest BCUT2D eigenvalue weighted by molar-refractivity contribution is 14.1. The van der Waals surface area contributed by atoms with Crippen LogP contribution in [0, 0.1) is 10.1 Å². The Hall–Kier alpha value is -0.920. The van der Waals surface area contributed by atoms with Gasteiger partial charge in [0.1, 0.15) is 12.0 Å². The van der Waals surface area contributed by atoms with Crippen molar-refractivity contribution < 1.29 is 4.92 Å². The van der Waals surface area contributed by atoms with E-state index in [0.29, 0.717) is 5.82 Å². The molecule has 1 N–H and O–H groups in total. The van der Waals surface area contributed by atoms with Crippen LogP contribution < -0.4 is 3.53 Å². The van der Waals surface area contributed by atoms with E-state index < -0.39 is 4.92 Å². The average Bonchev–Trinajstić information content (AvgIpc) is 2.05. The molecule has 0 fully saturated rings. The van der Waals surface area contributed by atoms with Gasteiger partial charge in [0.25, 0.3) is 5.69 Å². The van der Waals surface area contributed by atoms with Crippen molar-refractivity contribution in [1.29, 1.82) is 0 Å². The van der Waals surface area contributed by atoms with E-state index in [-0.39, 0.29) is 5.69 Å². The van der Waals surface area contributed by atoms with Crippen molar-refractivity contribution in [2.45, 2.75) is 0 Å². The maximum Gasteiger partial charge on any atom is 0.287 e. The van der Waals surface area contributed by atoms with E-state index in [9.17, 15) is 10.1 Å². The van der Waals surface area contributed by atoms with Crippen LogP contribution in [0.25, 0.3) is 0 Å². The Kier molecular flexibility index (Phi) is 2.58. The highest BCUT2D eigenvalue weighted by atomic mass is 127. The molecule has 1 heterocycles. The van der Waals surface area contributed by atoms with Gasteiger partial charge < -0.3 is 3.53 Å². The predicted octanol–water partition coefficient (Wildman–Crippen LogP) is 1.75. The van der Waals surface area contributed by atoms with E-state index in [1.807, 2.05) is 22.9 Å². The lowest BCUT2D eigenvalue weighted by atomic mass is 10.4. The molecule has 0 unspecified atom stereocenters. The SMILES string of the molecule is O=[N+]([O-])c1ccc(NI)nc1. The van der Waals surface area contributed by atoms with Gasteiger partial charge in [0.05, 0.1) is 27.8 Å². The number of nitrogens with one attached hydrogen (secondary N) is 1. The summed E-state index contributed by atoms with van der Waals surface area (Å²) in [6.07, 6.45) is 1.21. The average molecular weight is 265 g/mol. The van der Waals surface area contributed by atoms with Crippen molar-refractivity contribution >= 4 is 34.4 Å². The molecular weight excluding hydrogens is 261 g/mol. The highest BCUT2D eigenvalue weighted by Crippen LogP contribution is 2.12. The number of anilines is 1. The summed E-state index contributed by atoms with van der Waals surface area (Å²) in [5.41, 5.74) is 0.000370. The lowest BCUT2D eigenvalue weighted by Gasteiger charge is -1.93. The second kappa shape index (κ2) is 3.46. The van der Waals surface area contributed by atoms with Crippen LogP contribution in [0.5, 0.6) is 0 Å². The molecule has 0 radical (unpaired) electrons. The Morgan fingerprint density at radius 3 is 2.73 bits per heavy atom. The zero-order valence-electron chi connectivity index (χ0n) is 5.32. The van der Waals surface area contributed by atoms with E-state index in [1.54, 1.807) is 6.07 Å². The molecule has 0 aliphatic rings. The molecule has 0 spiro atoms. The minimum Gasteiger partial charge on any atom is -0.313 e. The first kappa shape index (κ1) is 8.18. The second-order valence-corrected chi connectivity index (χ2v) is 2.29. The maximum atomic E-state index is 10.1. The van der Waals surface area contributed by atoms with Gasteiger partial charge in [0.2, 0.25) is 0 Å². The van der Waals surface area contributed by atoms with Gasteiger partial charge in [0.15, 0.2) is 0 Å². The molecule has 0 amide bonds. The first-order chi connectivity index (χ1) is 5.24. The van der Waals surface area contributed by atoms with Crippen molar-refractivity contribution in [3.8, 4) is 0 Å². The molecule has 1 rings (SSSR count). The first-order valence-corrected chi connectivity index (χ1v) is 3.79. The molecule has 0 aliphatic heterocycles. The number of hydrogen-bond acceptors (Lipinski definition) is 4. The summed E-state index contributed by atoms with van der Waals surface area (Å²) >= 11 is 1.90. The molecule has 0 atom stereocenters. The van der Waals surface area contributed by atoms with E-state index in [2.05, 4.69) is 8.51 Å². The number of rotatable bonds is 2. The number of pyridine rings is 1. The van der Waals surface area contributed by atoms with Crippen LogP contribution in [-0.2, 0) is 0 Å². The second-order valence-electron chi connectivity index (χ2n) is 1.75. The summed E-state index contributed by atoms with van der Waals surface area (Å²) in [7, 11) is 0. The largest absolute Gasteiger partial charge is 0.313 e. The van der Waals surface area contributed by atoms with E-state index in [4.69, 9.17) is 0 Å².